The number of aryl methyl sites for hydroxylation is 1. The fourth-order valence-corrected chi connectivity index (χ4v) is 2.55. The van der Waals surface area contributed by atoms with Crippen LogP contribution in [0.4, 0.5) is 0 Å². The van der Waals surface area contributed by atoms with Crippen molar-refractivity contribution in [3.8, 4) is 0 Å². The molecule has 112 valence electrons. The first-order chi connectivity index (χ1) is 9.67. The van der Waals surface area contributed by atoms with E-state index in [1.807, 2.05) is 6.92 Å². The molecule has 1 aliphatic carbocycles. The summed E-state index contributed by atoms with van der Waals surface area (Å²) in [5.74, 6) is 2.19. The van der Waals surface area contributed by atoms with E-state index in [2.05, 4.69) is 32.7 Å². The molecule has 6 nitrogen and oxygen atoms in total. The number of guanidine groups is 1. The Labute approximate surface area is 120 Å². The molecule has 0 saturated heterocycles. The normalized spacial score (nSPS) is 17.6. The number of hydrogen-bond donors (Lipinski definition) is 2. The lowest BCUT2D eigenvalue weighted by Gasteiger charge is -2.41. The minimum Gasteiger partial charge on any atom is -0.356 e. The SMILES string of the molecule is CCC1(CNC(=NC)NCCc2nc(C)no2)CCC1. The van der Waals surface area contributed by atoms with Crippen molar-refractivity contribution in [1.29, 1.82) is 0 Å². The minimum atomic E-state index is 0.487. The predicted molar refractivity (Wildman–Crippen MR) is 78.7 cm³/mol. The van der Waals surface area contributed by atoms with E-state index in [0.29, 0.717) is 23.6 Å². The monoisotopic (exact) mass is 279 g/mol. The number of aromatic nitrogens is 2. The van der Waals surface area contributed by atoms with Crippen LogP contribution in [0.25, 0.3) is 0 Å². The van der Waals surface area contributed by atoms with Gasteiger partial charge in [0.1, 0.15) is 0 Å². The molecule has 6 heteroatoms. The standard InChI is InChI=1S/C14H25N5O/c1-4-14(7-5-8-14)10-17-13(15-3)16-9-6-12-18-11(2)19-20-12/h4-10H2,1-3H3,(H2,15,16,17). The second-order valence-corrected chi connectivity index (χ2v) is 5.54. The Balaban J connectivity index is 1.70. The van der Waals surface area contributed by atoms with E-state index in [1.165, 1.54) is 25.7 Å². The summed E-state index contributed by atoms with van der Waals surface area (Å²) in [7, 11) is 1.80. The van der Waals surface area contributed by atoms with Gasteiger partial charge in [-0.2, -0.15) is 4.98 Å². The molecular formula is C14H25N5O. The fraction of sp³-hybridized carbons (Fsp3) is 0.786. The lowest BCUT2D eigenvalue weighted by atomic mass is 9.67. The third-order valence-corrected chi connectivity index (χ3v) is 4.22. The molecule has 0 spiro atoms. The molecule has 0 unspecified atom stereocenters. The van der Waals surface area contributed by atoms with E-state index in [0.717, 1.165) is 19.0 Å². The number of aliphatic imine (C=N–C) groups is 1. The van der Waals surface area contributed by atoms with Crippen molar-refractivity contribution in [2.75, 3.05) is 20.1 Å². The summed E-state index contributed by atoms with van der Waals surface area (Å²) in [6.07, 6.45) is 5.96. The molecule has 1 heterocycles. The van der Waals surface area contributed by atoms with E-state index in [9.17, 15) is 0 Å². The summed E-state index contributed by atoms with van der Waals surface area (Å²) in [6, 6.07) is 0. The topological polar surface area (TPSA) is 75.3 Å². The first-order valence-corrected chi connectivity index (χ1v) is 7.41. The lowest BCUT2D eigenvalue weighted by Crippen LogP contribution is -2.46. The Morgan fingerprint density at radius 2 is 2.20 bits per heavy atom. The van der Waals surface area contributed by atoms with Gasteiger partial charge in [-0.15, -0.1) is 0 Å². The molecule has 0 amide bonds. The molecule has 0 aromatic carbocycles. The van der Waals surface area contributed by atoms with Gasteiger partial charge in [-0.1, -0.05) is 18.5 Å². The Hall–Kier alpha value is -1.59. The van der Waals surface area contributed by atoms with Gasteiger partial charge in [0.2, 0.25) is 5.89 Å². The van der Waals surface area contributed by atoms with Gasteiger partial charge in [-0.25, -0.2) is 0 Å². The maximum absolute atomic E-state index is 5.08. The van der Waals surface area contributed by atoms with E-state index in [1.54, 1.807) is 7.05 Å². The molecule has 1 saturated carbocycles. The van der Waals surface area contributed by atoms with Crippen molar-refractivity contribution in [2.24, 2.45) is 10.4 Å². The summed E-state index contributed by atoms with van der Waals surface area (Å²) < 4.78 is 5.08. The molecule has 2 N–H and O–H groups in total. The zero-order valence-corrected chi connectivity index (χ0v) is 12.7. The summed E-state index contributed by atoms with van der Waals surface area (Å²) in [4.78, 5) is 8.42. The van der Waals surface area contributed by atoms with Crippen LogP contribution in [0.15, 0.2) is 9.52 Å². The van der Waals surface area contributed by atoms with Gasteiger partial charge >= 0.3 is 0 Å². The number of hydrogen-bond acceptors (Lipinski definition) is 4. The van der Waals surface area contributed by atoms with Crippen LogP contribution in [0.2, 0.25) is 0 Å². The third-order valence-electron chi connectivity index (χ3n) is 4.22. The molecule has 20 heavy (non-hydrogen) atoms. The van der Waals surface area contributed by atoms with Crippen molar-refractivity contribution in [1.82, 2.24) is 20.8 Å². The fourth-order valence-electron chi connectivity index (χ4n) is 2.55. The van der Waals surface area contributed by atoms with Gasteiger partial charge in [-0.3, -0.25) is 4.99 Å². The van der Waals surface area contributed by atoms with Crippen molar-refractivity contribution < 1.29 is 4.52 Å². The molecular weight excluding hydrogens is 254 g/mol. The highest BCUT2D eigenvalue weighted by molar-refractivity contribution is 5.79. The zero-order valence-electron chi connectivity index (χ0n) is 12.7. The van der Waals surface area contributed by atoms with Gasteiger partial charge in [0.15, 0.2) is 11.8 Å². The van der Waals surface area contributed by atoms with Crippen LogP contribution in [0, 0.1) is 12.3 Å². The summed E-state index contributed by atoms with van der Waals surface area (Å²) in [5, 5.41) is 10.5. The molecule has 0 bridgehead atoms. The zero-order chi connectivity index (χ0) is 14.4. The highest BCUT2D eigenvalue weighted by atomic mass is 16.5. The summed E-state index contributed by atoms with van der Waals surface area (Å²) in [6.45, 7) is 5.84. The summed E-state index contributed by atoms with van der Waals surface area (Å²) in [5.41, 5.74) is 0.487. The average molecular weight is 279 g/mol. The number of nitrogens with one attached hydrogen (secondary N) is 2. The first kappa shape index (κ1) is 14.8. The van der Waals surface area contributed by atoms with Crippen molar-refractivity contribution >= 4 is 5.96 Å². The quantitative estimate of drug-likeness (QED) is 0.612. The molecule has 0 aliphatic heterocycles. The second-order valence-electron chi connectivity index (χ2n) is 5.54. The highest BCUT2D eigenvalue weighted by Crippen LogP contribution is 2.42. The molecule has 2 rings (SSSR count). The van der Waals surface area contributed by atoms with E-state index in [4.69, 9.17) is 4.52 Å². The minimum absolute atomic E-state index is 0.487. The van der Waals surface area contributed by atoms with E-state index in [-0.39, 0.29) is 0 Å². The Morgan fingerprint density at radius 1 is 1.40 bits per heavy atom. The lowest BCUT2D eigenvalue weighted by molar-refractivity contribution is 0.131. The van der Waals surface area contributed by atoms with E-state index < -0.39 is 0 Å². The van der Waals surface area contributed by atoms with Gasteiger partial charge in [0.25, 0.3) is 0 Å². The van der Waals surface area contributed by atoms with Gasteiger partial charge in [0.05, 0.1) is 0 Å². The smallest absolute Gasteiger partial charge is 0.228 e. The van der Waals surface area contributed by atoms with Gasteiger partial charge in [-0.05, 0) is 31.6 Å². The van der Waals surface area contributed by atoms with Crippen LogP contribution in [0.5, 0.6) is 0 Å². The van der Waals surface area contributed by atoms with Crippen molar-refractivity contribution in [3.05, 3.63) is 11.7 Å². The molecule has 1 fully saturated rings. The van der Waals surface area contributed by atoms with Crippen LogP contribution >= 0.6 is 0 Å². The number of rotatable bonds is 6. The molecule has 0 radical (unpaired) electrons. The maximum Gasteiger partial charge on any atom is 0.228 e. The van der Waals surface area contributed by atoms with Crippen LogP contribution in [-0.2, 0) is 6.42 Å². The summed E-state index contributed by atoms with van der Waals surface area (Å²) >= 11 is 0. The Morgan fingerprint density at radius 3 is 2.70 bits per heavy atom. The number of nitrogens with zero attached hydrogens (tertiary/aromatic N) is 3. The van der Waals surface area contributed by atoms with Crippen LogP contribution in [-0.4, -0.2) is 36.2 Å². The van der Waals surface area contributed by atoms with Gasteiger partial charge < -0.3 is 15.2 Å². The predicted octanol–water partition coefficient (Wildman–Crippen LogP) is 1.67. The van der Waals surface area contributed by atoms with E-state index >= 15 is 0 Å². The molecule has 1 aromatic heterocycles. The van der Waals surface area contributed by atoms with Gasteiger partial charge in [0, 0.05) is 26.6 Å². The van der Waals surface area contributed by atoms with Crippen LogP contribution < -0.4 is 10.6 Å². The van der Waals surface area contributed by atoms with Crippen LogP contribution in [0.3, 0.4) is 0 Å². The Bertz CT molecular complexity index is 445. The second kappa shape index (κ2) is 6.72. The maximum atomic E-state index is 5.08. The largest absolute Gasteiger partial charge is 0.356 e. The first-order valence-electron chi connectivity index (χ1n) is 7.41. The van der Waals surface area contributed by atoms with Crippen molar-refractivity contribution in [2.45, 2.75) is 46.0 Å². The average Bonchev–Trinajstić information content (AvgIpc) is 2.81. The van der Waals surface area contributed by atoms with Crippen LogP contribution in [0.1, 0.15) is 44.3 Å². The Kier molecular flexibility index (Phi) is 4.98. The molecule has 0 atom stereocenters. The molecule has 1 aliphatic rings. The highest BCUT2D eigenvalue weighted by Gasteiger charge is 2.34. The third kappa shape index (κ3) is 3.71. The van der Waals surface area contributed by atoms with Crippen molar-refractivity contribution in [3.63, 3.8) is 0 Å². The molecule has 1 aromatic rings.